The number of aryl methyl sites for hydroxylation is 1. The van der Waals surface area contributed by atoms with Gasteiger partial charge in [0.1, 0.15) is 11.5 Å². The van der Waals surface area contributed by atoms with Gasteiger partial charge in [0, 0.05) is 11.9 Å². The van der Waals surface area contributed by atoms with Gasteiger partial charge in [-0.05, 0) is 25.1 Å². The highest BCUT2D eigenvalue weighted by molar-refractivity contribution is 5.51. The molecule has 0 aliphatic carbocycles. The molecular formula is C10H10N4. The van der Waals surface area contributed by atoms with Gasteiger partial charge in [0.15, 0.2) is 5.82 Å². The van der Waals surface area contributed by atoms with Crippen molar-refractivity contribution in [2.24, 2.45) is 0 Å². The smallest absolute Gasteiger partial charge is 0.178 e. The summed E-state index contributed by atoms with van der Waals surface area (Å²) in [4.78, 5) is 12.5. The van der Waals surface area contributed by atoms with Crippen LogP contribution in [0.25, 0.3) is 11.5 Å². The molecule has 0 radical (unpaired) electrons. The predicted octanol–water partition coefficient (Wildman–Crippen LogP) is 1.43. The highest BCUT2D eigenvalue weighted by Gasteiger charge is 2.01. The Morgan fingerprint density at radius 2 is 2.00 bits per heavy atom. The topological polar surface area (TPSA) is 64.7 Å². The summed E-state index contributed by atoms with van der Waals surface area (Å²) in [7, 11) is 0. The van der Waals surface area contributed by atoms with Crippen molar-refractivity contribution in [3.05, 3.63) is 36.2 Å². The van der Waals surface area contributed by atoms with E-state index in [0.717, 1.165) is 5.69 Å². The molecule has 0 aliphatic rings. The first-order valence-electron chi connectivity index (χ1n) is 4.28. The predicted molar refractivity (Wildman–Crippen MR) is 54.4 cm³/mol. The summed E-state index contributed by atoms with van der Waals surface area (Å²) < 4.78 is 0. The molecule has 0 aliphatic heterocycles. The molecule has 2 N–H and O–H groups in total. The molecule has 0 unspecified atom stereocenters. The van der Waals surface area contributed by atoms with Crippen LogP contribution in [-0.4, -0.2) is 15.0 Å². The highest BCUT2D eigenvalue weighted by Crippen LogP contribution is 2.12. The van der Waals surface area contributed by atoms with Crippen molar-refractivity contribution in [3.63, 3.8) is 0 Å². The molecule has 2 aromatic rings. The largest absolute Gasteiger partial charge is 0.384 e. The SMILES string of the molecule is Cc1ccnc(-c2cccc(N)n2)n1. The first-order valence-corrected chi connectivity index (χ1v) is 4.28. The standard InChI is InChI=1S/C10H10N4/c1-7-5-6-12-10(13-7)8-3-2-4-9(11)14-8/h2-6H,1H3,(H2,11,14). The molecule has 0 saturated carbocycles. The molecule has 0 bridgehead atoms. The monoisotopic (exact) mass is 186 g/mol. The molecule has 2 aromatic heterocycles. The van der Waals surface area contributed by atoms with Crippen molar-refractivity contribution >= 4 is 5.82 Å². The van der Waals surface area contributed by atoms with Crippen molar-refractivity contribution in [1.29, 1.82) is 0 Å². The van der Waals surface area contributed by atoms with Gasteiger partial charge in [-0.2, -0.15) is 0 Å². The summed E-state index contributed by atoms with van der Waals surface area (Å²) >= 11 is 0. The van der Waals surface area contributed by atoms with E-state index in [1.54, 1.807) is 12.3 Å². The molecule has 4 nitrogen and oxygen atoms in total. The lowest BCUT2D eigenvalue weighted by atomic mass is 10.3. The van der Waals surface area contributed by atoms with Gasteiger partial charge in [-0.1, -0.05) is 6.07 Å². The maximum atomic E-state index is 5.57. The highest BCUT2D eigenvalue weighted by atomic mass is 14.9. The number of aromatic nitrogens is 3. The van der Waals surface area contributed by atoms with E-state index in [0.29, 0.717) is 17.3 Å². The molecule has 14 heavy (non-hydrogen) atoms. The van der Waals surface area contributed by atoms with Crippen LogP contribution in [0.2, 0.25) is 0 Å². The second kappa shape index (κ2) is 3.41. The summed E-state index contributed by atoms with van der Waals surface area (Å²) in [6.07, 6.45) is 1.71. The molecule has 2 rings (SSSR count). The van der Waals surface area contributed by atoms with Gasteiger partial charge in [0.2, 0.25) is 0 Å². The lowest BCUT2D eigenvalue weighted by Crippen LogP contribution is -1.95. The van der Waals surface area contributed by atoms with Crippen molar-refractivity contribution in [2.75, 3.05) is 5.73 Å². The van der Waals surface area contributed by atoms with Crippen molar-refractivity contribution in [3.8, 4) is 11.5 Å². The minimum Gasteiger partial charge on any atom is -0.384 e. The zero-order chi connectivity index (χ0) is 9.97. The molecule has 70 valence electrons. The van der Waals surface area contributed by atoms with Gasteiger partial charge in [-0.15, -0.1) is 0 Å². The number of hydrogen-bond acceptors (Lipinski definition) is 4. The summed E-state index contributed by atoms with van der Waals surface area (Å²) in [5, 5.41) is 0. The number of rotatable bonds is 1. The van der Waals surface area contributed by atoms with Gasteiger partial charge in [-0.3, -0.25) is 0 Å². The second-order valence-corrected chi connectivity index (χ2v) is 2.97. The Hall–Kier alpha value is -1.97. The fraction of sp³-hybridized carbons (Fsp3) is 0.100. The fourth-order valence-corrected chi connectivity index (χ4v) is 1.15. The van der Waals surface area contributed by atoms with Crippen LogP contribution in [0.1, 0.15) is 5.69 Å². The minimum absolute atomic E-state index is 0.479. The van der Waals surface area contributed by atoms with E-state index in [1.165, 1.54) is 0 Å². The zero-order valence-corrected chi connectivity index (χ0v) is 7.81. The third kappa shape index (κ3) is 1.69. The molecule has 4 heteroatoms. The van der Waals surface area contributed by atoms with E-state index in [1.807, 2.05) is 25.1 Å². The lowest BCUT2D eigenvalue weighted by Gasteiger charge is -2.00. The van der Waals surface area contributed by atoms with Gasteiger partial charge in [0.05, 0.1) is 0 Å². The van der Waals surface area contributed by atoms with Crippen LogP contribution in [-0.2, 0) is 0 Å². The van der Waals surface area contributed by atoms with Crippen molar-refractivity contribution < 1.29 is 0 Å². The minimum atomic E-state index is 0.479. The molecule has 0 saturated heterocycles. The third-order valence-electron chi connectivity index (χ3n) is 1.79. The van der Waals surface area contributed by atoms with E-state index in [4.69, 9.17) is 5.73 Å². The Kier molecular flexibility index (Phi) is 2.10. The molecule has 0 spiro atoms. The summed E-state index contributed by atoms with van der Waals surface area (Å²) in [5.41, 5.74) is 7.19. The number of hydrogen-bond donors (Lipinski definition) is 1. The molecule has 0 amide bonds. The zero-order valence-electron chi connectivity index (χ0n) is 7.81. The molecule has 0 fully saturated rings. The second-order valence-electron chi connectivity index (χ2n) is 2.97. The van der Waals surface area contributed by atoms with Gasteiger partial charge in [-0.25, -0.2) is 15.0 Å². The first-order chi connectivity index (χ1) is 6.75. The van der Waals surface area contributed by atoms with Crippen LogP contribution in [0.3, 0.4) is 0 Å². The van der Waals surface area contributed by atoms with E-state index in [9.17, 15) is 0 Å². The van der Waals surface area contributed by atoms with Crippen LogP contribution in [0, 0.1) is 6.92 Å². The molecule has 0 atom stereocenters. The van der Waals surface area contributed by atoms with E-state index >= 15 is 0 Å². The average Bonchev–Trinajstić information content (AvgIpc) is 2.18. The average molecular weight is 186 g/mol. The van der Waals surface area contributed by atoms with E-state index in [2.05, 4.69) is 15.0 Å². The Bertz CT molecular complexity index is 410. The van der Waals surface area contributed by atoms with Gasteiger partial charge in [0.25, 0.3) is 0 Å². The van der Waals surface area contributed by atoms with E-state index in [-0.39, 0.29) is 0 Å². The number of nitrogen functional groups attached to an aromatic ring is 1. The van der Waals surface area contributed by atoms with Crippen LogP contribution >= 0.6 is 0 Å². The van der Waals surface area contributed by atoms with Gasteiger partial charge >= 0.3 is 0 Å². The maximum absolute atomic E-state index is 5.57. The lowest BCUT2D eigenvalue weighted by molar-refractivity contribution is 1.09. The first kappa shape index (κ1) is 8.62. The Morgan fingerprint density at radius 3 is 2.71 bits per heavy atom. The van der Waals surface area contributed by atoms with Crippen LogP contribution in [0.15, 0.2) is 30.5 Å². The molecular weight excluding hydrogens is 176 g/mol. The fourth-order valence-electron chi connectivity index (χ4n) is 1.15. The van der Waals surface area contributed by atoms with Gasteiger partial charge < -0.3 is 5.73 Å². The normalized spacial score (nSPS) is 10.1. The third-order valence-corrected chi connectivity index (χ3v) is 1.79. The summed E-state index contributed by atoms with van der Waals surface area (Å²) in [6, 6.07) is 7.25. The maximum Gasteiger partial charge on any atom is 0.178 e. The Balaban J connectivity index is 2.49. The summed E-state index contributed by atoms with van der Waals surface area (Å²) in [5.74, 6) is 1.09. The van der Waals surface area contributed by atoms with Crippen molar-refractivity contribution in [2.45, 2.75) is 6.92 Å². The molecule has 2 heterocycles. The Labute approximate surface area is 81.9 Å². The number of nitrogens with zero attached hydrogens (tertiary/aromatic N) is 3. The van der Waals surface area contributed by atoms with Crippen LogP contribution in [0.4, 0.5) is 5.82 Å². The number of anilines is 1. The quantitative estimate of drug-likeness (QED) is 0.731. The number of nitrogens with two attached hydrogens (primary N) is 1. The number of pyridine rings is 1. The van der Waals surface area contributed by atoms with Crippen LogP contribution < -0.4 is 5.73 Å². The van der Waals surface area contributed by atoms with Crippen molar-refractivity contribution in [1.82, 2.24) is 15.0 Å². The van der Waals surface area contributed by atoms with Crippen LogP contribution in [0.5, 0.6) is 0 Å². The van der Waals surface area contributed by atoms with E-state index < -0.39 is 0 Å². The Morgan fingerprint density at radius 1 is 1.14 bits per heavy atom. The summed E-state index contributed by atoms with van der Waals surface area (Å²) in [6.45, 7) is 1.91. The molecule has 0 aromatic carbocycles.